The molecule has 2 aromatic heterocycles. The number of methoxy groups -OCH3 is 1. The highest BCUT2D eigenvalue weighted by Crippen LogP contribution is 2.37. The van der Waals surface area contributed by atoms with Crippen molar-refractivity contribution in [1.29, 1.82) is 0 Å². The fraction of sp³-hybridized carbons (Fsp3) is 0.235. The SMILES string of the molecule is COC(=O)c1sc2cc(NC(=O)CCn3nc([N+](=O)[O-])cc3C)ccc2c1Cl. The molecule has 0 aliphatic heterocycles. The standard InChI is InChI=1S/C17H15ClN4O5S/c1-9-7-13(22(25)26)20-21(9)6-5-14(23)19-10-3-4-11-12(8-10)28-16(15(11)18)17(24)27-2/h3-4,7-8H,5-6H2,1-2H3,(H,19,23). The number of hydrogen-bond acceptors (Lipinski definition) is 7. The Balaban J connectivity index is 1.69. The Hall–Kier alpha value is -2.98. The van der Waals surface area contributed by atoms with Crippen molar-refractivity contribution in [3.63, 3.8) is 0 Å². The van der Waals surface area contributed by atoms with Crippen LogP contribution in [0.5, 0.6) is 0 Å². The minimum Gasteiger partial charge on any atom is -0.465 e. The molecule has 3 rings (SSSR count). The summed E-state index contributed by atoms with van der Waals surface area (Å²) in [5, 5.41) is 18.4. The third kappa shape index (κ3) is 3.97. The lowest BCUT2D eigenvalue weighted by molar-refractivity contribution is -0.389. The Labute approximate surface area is 168 Å². The quantitative estimate of drug-likeness (QED) is 0.367. The number of aryl methyl sites for hydroxylation is 2. The number of esters is 1. The van der Waals surface area contributed by atoms with E-state index in [4.69, 9.17) is 16.3 Å². The third-order valence-corrected chi connectivity index (χ3v) is 5.63. The van der Waals surface area contributed by atoms with Crippen molar-refractivity contribution in [1.82, 2.24) is 9.78 Å². The van der Waals surface area contributed by atoms with Gasteiger partial charge >= 0.3 is 11.8 Å². The van der Waals surface area contributed by atoms with Gasteiger partial charge in [-0.2, -0.15) is 4.68 Å². The largest absolute Gasteiger partial charge is 0.465 e. The predicted octanol–water partition coefficient (Wildman–Crippen LogP) is 3.78. The van der Waals surface area contributed by atoms with Crippen LogP contribution in [0.2, 0.25) is 5.02 Å². The highest BCUT2D eigenvalue weighted by atomic mass is 35.5. The minimum atomic E-state index is -0.576. The van der Waals surface area contributed by atoms with Crippen molar-refractivity contribution < 1.29 is 19.2 Å². The van der Waals surface area contributed by atoms with E-state index in [0.29, 0.717) is 26.7 Å². The van der Waals surface area contributed by atoms with Crippen LogP contribution < -0.4 is 5.32 Å². The molecule has 1 N–H and O–H groups in total. The molecule has 1 amide bonds. The van der Waals surface area contributed by atoms with Crippen LogP contribution in [0.25, 0.3) is 10.1 Å². The summed E-state index contributed by atoms with van der Waals surface area (Å²) in [6.45, 7) is 1.90. The summed E-state index contributed by atoms with van der Waals surface area (Å²) >= 11 is 7.39. The molecule has 9 nitrogen and oxygen atoms in total. The van der Waals surface area contributed by atoms with Gasteiger partial charge in [0, 0.05) is 22.2 Å². The van der Waals surface area contributed by atoms with Crippen LogP contribution >= 0.6 is 22.9 Å². The second kappa shape index (κ2) is 7.95. The first kappa shape index (κ1) is 19.8. The minimum absolute atomic E-state index is 0.0936. The molecule has 2 heterocycles. The van der Waals surface area contributed by atoms with Crippen LogP contribution in [0.3, 0.4) is 0 Å². The maximum Gasteiger partial charge on any atom is 0.390 e. The van der Waals surface area contributed by atoms with E-state index in [-0.39, 0.29) is 24.7 Å². The molecule has 1 aromatic carbocycles. The number of carbonyl (C=O) groups is 2. The number of amides is 1. The number of benzene rings is 1. The van der Waals surface area contributed by atoms with Gasteiger partial charge in [-0.15, -0.1) is 11.3 Å². The van der Waals surface area contributed by atoms with Gasteiger partial charge in [-0.05, 0) is 30.0 Å². The van der Waals surface area contributed by atoms with Gasteiger partial charge in [0.1, 0.15) is 4.88 Å². The van der Waals surface area contributed by atoms with Crippen molar-refractivity contribution in [2.75, 3.05) is 12.4 Å². The molecule has 11 heteroatoms. The summed E-state index contributed by atoms with van der Waals surface area (Å²) in [6, 6.07) is 6.48. The molecule has 0 radical (unpaired) electrons. The third-order valence-electron chi connectivity index (χ3n) is 3.99. The normalized spacial score (nSPS) is 10.8. The Morgan fingerprint density at radius 2 is 2.14 bits per heavy atom. The molecule has 0 atom stereocenters. The molecule has 0 aliphatic carbocycles. The lowest BCUT2D eigenvalue weighted by Gasteiger charge is -2.05. The van der Waals surface area contributed by atoms with Crippen LogP contribution in [0.4, 0.5) is 11.5 Å². The van der Waals surface area contributed by atoms with Gasteiger partial charge in [0.15, 0.2) is 0 Å². The molecule has 0 spiro atoms. The number of hydrogen-bond donors (Lipinski definition) is 1. The number of fused-ring (bicyclic) bond motifs is 1. The van der Waals surface area contributed by atoms with E-state index < -0.39 is 10.9 Å². The second-order valence-electron chi connectivity index (χ2n) is 5.87. The zero-order valence-electron chi connectivity index (χ0n) is 14.9. The molecule has 146 valence electrons. The van der Waals surface area contributed by atoms with Crippen molar-refractivity contribution in [2.45, 2.75) is 19.9 Å². The summed E-state index contributed by atoms with van der Waals surface area (Å²) in [4.78, 5) is 34.4. The maximum atomic E-state index is 12.2. The zero-order chi connectivity index (χ0) is 20.4. The number of thiophene rings is 1. The van der Waals surface area contributed by atoms with Crippen molar-refractivity contribution in [2.24, 2.45) is 0 Å². The van der Waals surface area contributed by atoms with Gasteiger partial charge in [0.25, 0.3) is 0 Å². The molecule has 3 aromatic rings. The first-order chi connectivity index (χ1) is 13.3. The molecule has 0 fully saturated rings. The van der Waals surface area contributed by atoms with E-state index in [0.717, 1.165) is 4.70 Å². The highest BCUT2D eigenvalue weighted by Gasteiger charge is 2.19. The number of rotatable bonds is 6. The lowest BCUT2D eigenvalue weighted by atomic mass is 10.2. The average Bonchev–Trinajstić information content (AvgIpc) is 3.19. The van der Waals surface area contributed by atoms with Crippen LogP contribution in [0.15, 0.2) is 24.3 Å². The molecule has 28 heavy (non-hydrogen) atoms. The molecule has 0 bridgehead atoms. The zero-order valence-corrected chi connectivity index (χ0v) is 16.5. The topological polar surface area (TPSA) is 116 Å². The van der Waals surface area contributed by atoms with Crippen molar-refractivity contribution in [3.05, 3.63) is 50.0 Å². The van der Waals surface area contributed by atoms with Gasteiger partial charge in [-0.25, -0.2) is 4.79 Å². The Morgan fingerprint density at radius 1 is 1.39 bits per heavy atom. The Kier molecular flexibility index (Phi) is 5.61. The molecule has 0 saturated carbocycles. The van der Waals surface area contributed by atoms with Gasteiger partial charge in [0.2, 0.25) is 5.91 Å². The molecular formula is C17H15ClN4O5S. The number of aromatic nitrogens is 2. The molecule has 0 aliphatic rings. The van der Waals surface area contributed by atoms with E-state index in [1.165, 1.54) is 29.2 Å². The molecular weight excluding hydrogens is 408 g/mol. The first-order valence-corrected chi connectivity index (χ1v) is 9.28. The number of nitro groups is 1. The van der Waals surface area contributed by atoms with Gasteiger partial charge in [-0.3, -0.25) is 4.79 Å². The summed E-state index contributed by atoms with van der Waals surface area (Å²) in [7, 11) is 1.28. The van der Waals surface area contributed by atoms with Crippen LogP contribution in [0, 0.1) is 17.0 Å². The average molecular weight is 423 g/mol. The maximum absolute atomic E-state index is 12.2. The monoisotopic (exact) mass is 422 g/mol. The Morgan fingerprint density at radius 3 is 2.79 bits per heavy atom. The predicted molar refractivity (Wildman–Crippen MR) is 105 cm³/mol. The fourth-order valence-corrected chi connectivity index (χ4v) is 4.07. The number of nitrogens with zero attached hydrogens (tertiary/aromatic N) is 3. The first-order valence-electron chi connectivity index (χ1n) is 8.09. The van der Waals surface area contributed by atoms with Gasteiger partial charge < -0.3 is 20.2 Å². The van der Waals surface area contributed by atoms with Crippen molar-refractivity contribution >= 4 is 56.4 Å². The van der Waals surface area contributed by atoms with Crippen LogP contribution in [-0.2, 0) is 16.1 Å². The number of halogens is 1. The fourth-order valence-electron chi connectivity index (χ4n) is 2.61. The molecule has 0 unspecified atom stereocenters. The number of nitrogens with one attached hydrogen (secondary N) is 1. The van der Waals surface area contributed by atoms with Gasteiger partial charge in [0.05, 0.1) is 35.5 Å². The van der Waals surface area contributed by atoms with Crippen LogP contribution in [-0.4, -0.2) is 33.7 Å². The number of anilines is 1. The second-order valence-corrected chi connectivity index (χ2v) is 7.30. The summed E-state index contributed by atoms with van der Waals surface area (Å²) in [5.74, 6) is -1.03. The van der Waals surface area contributed by atoms with E-state index in [1.54, 1.807) is 25.1 Å². The number of carbonyl (C=O) groups excluding carboxylic acids is 2. The van der Waals surface area contributed by atoms with E-state index in [9.17, 15) is 19.7 Å². The molecule has 0 saturated heterocycles. The lowest BCUT2D eigenvalue weighted by Crippen LogP contribution is -2.15. The summed E-state index contributed by atoms with van der Waals surface area (Å²) in [5.41, 5.74) is 1.15. The smallest absolute Gasteiger partial charge is 0.390 e. The van der Waals surface area contributed by atoms with E-state index >= 15 is 0 Å². The summed E-state index contributed by atoms with van der Waals surface area (Å²) in [6.07, 6.45) is 0.0936. The van der Waals surface area contributed by atoms with E-state index in [2.05, 4.69) is 10.4 Å². The van der Waals surface area contributed by atoms with Gasteiger partial charge in [-0.1, -0.05) is 11.6 Å². The van der Waals surface area contributed by atoms with Crippen LogP contribution in [0.1, 0.15) is 21.8 Å². The highest BCUT2D eigenvalue weighted by molar-refractivity contribution is 7.21. The Bertz CT molecular complexity index is 1090. The van der Waals surface area contributed by atoms with E-state index in [1.807, 2.05) is 0 Å². The number of ether oxygens (including phenoxy) is 1. The van der Waals surface area contributed by atoms with Crippen molar-refractivity contribution in [3.8, 4) is 0 Å². The summed E-state index contributed by atoms with van der Waals surface area (Å²) < 4.78 is 6.87.